The fourth-order valence-corrected chi connectivity index (χ4v) is 4.35. The van der Waals surface area contributed by atoms with E-state index in [-0.39, 0.29) is 11.7 Å². The second-order valence-corrected chi connectivity index (χ2v) is 9.67. The summed E-state index contributed by atoms with van der Waals surface area (Å²) >= 11 is 0. The number of amides is 1. The number of nitrogens with one attached hydrogen (secondary N) is 1. The topological polar surface area (TPSA) is 41.6 Å². The smallest absolute Gasteiger partial charge is 0.242 e. The Hall–Kier alpha value is -3.18. The van der Waals surface area contributed by atoms with Crippen molar-refractivity contribution in [1.29, 1.82) is 0 Å². The predicted octanol–water partition coefficient (Wildman–Crippen LogP) is 5.65. The molecule has 0 aliphatic carbocycles. The van der Waals surface area contributed by atoms with E-state index in [1.165, 1.54) is 17.7 Å². The number of rotatable bonds is 4. The first-order valence-corrected chi connectivity index (χ1v) is 11.3. The molecule has 0 saturated carbocycles. The first kappa shape index (κ1) is 23.0. The maximum atomic E-state index is 14.3. The number of nitrogens with zero attached hydrogens (tertiary/aromatic N) is 1. The molecule has 1 N–H and O–H groups in total. The second kappa shape index (κ2) is 9.36. The molecule has 1 aliphatic rings. The number of carbonyl (C=O) groups excluding carboxylic acids is 1. The third kappa shape index (κ3) is 5.42. The van der Waals surface area contributed by atoms with Crippen LogP contribution in [0.4, 0.5) is 4.39 Å². The van der Waals surface area contributed by atoms with Crippen molar-refractivity contribution in [2.45, 2.75) is 45.8 Å². The van der Waals surface area contributed by atoms with Crippen LogP contribution in [0.1, 0.15) is 43.5 Å². The lowest BCUT2D eigenvalue weighted by atomic mass is 9.96. The summed E-state index contributed by atoms with van der Waals surface area (Å²) in [7, 11) is 0. The van der Waals surface area contributed by atoms with E-state index in [0.717, 1.165) is 16.7 Å². The van der Waals surface area contributed by atoms with Gasteiger partial charge < -0.3 is 10.1 Å². The summed E-state index contributed by atoms with van der Waals surface area (Å²) in [5.74, 6) is 0.0146. The molecule has 0 aromatic heterocycles. The summed E-state index contributed by atoms with van der Waals surface area (Å²) in [6.45, 7) is 9.42. The van der Waals surface area contributed by atoms with E-state index >= 15 is 0 Å². The van der Waals surface area contributed by atoms with E-state index in [4.69, 9.17) is 4.74 Å². The largest absolute Gasteiger partial charge is 0.492 e. The fourth-order valence-electron chi connectivity index (χ4n) is 4.35. The van der Waals surface area contributed by atoms with E-state index in [0.29, 0.717) is 31.0 Å². The van der Waals surface area contributed by atoms with Crippen LogP contribution < -0.4 is 10.1 Å². The molecule has 172 valence electrons. The van der Waals surface area contributed by atoms with E-state index < -0.39 is 11.6 Å². The van der Waals surface area contributed by atoms with Crippen molar-refractivity contribution in [3.8, 4) is 16.9 Å². The van der Waals surface area contributed by atoms with Gasteiger partial charge in [-0.1, -0.05) is 54.1 Å². The maximum Gasteiger partial charge on any atom is 0.242 e. The number of benzene rings is 3. The number of hydrogen-bond acceptors (Lipinski definition) is 3. The number of ether oxygens (including phenoxy) is 1. The summed E-state index contributed by atoms with van der Waals surface area (Å²) < 4.78 is 20.2. The van der Waals surface area contributed by atoms with Crippen LogP contribution in [0, 0.1) is 12.7 Å². The molecule has 1 amide bonds. The maximum absolute atomic E-state index is 14.3. The summed E-state index contributed by atoms with van der Waals surface area (Å²) in [5, 5.41) is 3.09. The number of aryl methyl sites for hydroxylation is 1. The molecular weight excluding hydrogens is 415 g/mol. The van der Waals surface area contributed by atoms with Gasteiger partial charge in [0.1, 0.15) is 24.2 Å². The molecular formula is C28H31FN2O2. The van der Waals surface area contributed by atoms with Gasteiger partial charge in [-0.2, -0.15) is 0 Å². The van der Waals surface area contributed by atoms with Gasteiger partial charge in [0.25, 0.3) is 0 Å². The lowest BCUT2D eigenvalue weighted by molar-refractivity contribution is -0.128. The molecule has 1 unspecified atom stereocenters. The zero-order chi connectivity index (χ0) is 23.6. The molecule has 3 aromatic carbocycles. The molecule has 1 atom stereocenters. The van der Waals surface area contributed by atoms with Crippen LogP contribution in [0.2, 0.25) is 0 Å². The van der Waals surface area contributed by atoms with E-state index in [2.05, 4.69) is 53.5 Å². The molecule has 4 nitrogen and oxygen atoms in total. The molecule has 33 heavy (non-hydrogen) atoms. The Balaban J connectivity index is 1.75. The Morgan fingerprint density at radius 2 is 1.88 bits per heavy atom. The molecule has 0 saturated heterocycles. The quantitative estimate of drug-likeness (QED) is 0.563. The van der Waals surface area contributed by atoms with E-state index in [1.807, 2.05) is 32.9 Å². The van der Waals surface area contributed by atoms with Crippen molar-refractivity contribution in [2.24, 2.45) is 0 Å². The van der Waals surface area contributed by atoms with Crippen LogP contribution >= 0.6 is 0 Å². The molecule has 1 heterocycles. The minimum atomic E-state index is -0.664. The monoisotopic (exact) mass is 446 g/mol. The van der Waals surface area contributed by atoms with Gasteiger partial charge in [0.05, 0.1) is 0 Å². The van der Waals surface area contributed by atoms with Gasteiger partial charge in [0, 0.05) is 24.2 Å². The van der Waals surface area contributed by atoms with Crippen LogP contribution in [0.5, 0.6) is 5.75 Å². The van der Waals surface area contributed by atoms with Gasteiger partial charge in [-0.25, -0.2) is 4.39 Å². The first-order valence-electron chi connectivity index (χ1n) is 11.3. The minimum absolute atomic E-state index is 0.159. The van der Waals surface area contributed by atoms with Gasteiger partial charge in [0.15, 0.2) is 0 Å². The molecule has 0 radical (unpaired) electrons. The lowest BCUT2D eigenvalue weighted by Gasteiger charge is -2.32. The molecule has 4 rings (SSSR count). The van der Waals surface area contributed by atoms with Crippen LogP contribution in [-0.4, -0.2) is 29.5 Å². The van der Waals surface area contributed by atoms with Gasteiger partial charge in [-0.05, 0) is 62.6 Å². The summed E-state index contributed by atoms with van der Waals surface area (Å²) in [6, 6.07) is 20.4. The average Bonchev–Trinajstić information content (AvgIpc) is 2.91. The molecule has 0 spiro atoms. The molecule has 3 aromatic rings. The normalized spacial score (nSPS) is 16.5. The zero-order valence-electron chi connectivity index (χ0n) is 19.7. The minimum Gasteiger partial charge on any atom is -0.492 e. The van der Waals surface area contributed by atoms with E-state index in [9.17, 15) is 9.18 Å². The first-order chi connectivity index (χ1) is 15.7. The van der Waals surface area contributed by atoms with Crippen LogP contribution in [-0.2, 0) is 11.3 Å². The van der Waals surface area contributed by atoms with Crippen LogP contribution in [0.25, 0.3) is 11.1 Å². The Morgan fingerprint density at radius 1 is 1.09 bits per heavy atom. The standard InChI is InChI=1S/C28H31FN2O2/c1-19-8-7-10-20(16-19)23-11-6-5-9-21(23)18-31-14-15-33-25-13-12-22(29)17-24(25)26(31)27(32)30-28(2,3)4/h5-13,16-17,26H,14-15,18H2,1-4H3,(H,30,32). The third-order valence-electron chi connectivity index (χ3n) is 5.73. The van der Waals surface area contributed by atoms with Crippen molar-refractivity contribution in [2.75, 3.05) is 13.2 Å². The van der Waals surface area contributed by atoms with Crippen molar-refractivity contribution in [3.05, 3.63) is 89.2 Å². The Kier molecular flexibility index (Phi) is 6.52. The highest BCUT2D eigenvalue weighted by Gasteiger charge is 2.34. The Morgan fingerprint density at radius 3 is 2.64 bits per heavy atom. The second-order valence-electron chi connectivity index (χ2n) is 9.67. The summed E-state index contributed by atoms with van der Waals surface area (Å²) in [4.78, 5) is 15.6. The highest BCUT2D eigenvalue weighted by atomic mass is 19.1. The molecule has 0 bridgehead atoms. The third-order valence-corrected chi connectivity index (χ3v) is 5.73. The number of hydrogen-bond donors (Lipinski definition) is 1. The summed E-state index contributed by atoms with van der Waals surface area (Å²) in [5.41, 5.74) is 4.71. The van der Waals surface area contributed by atoms with Crippen molar-refractivity contribution in [3.63, 3.8) is 0 Å². The SMILES string of the molecule is Cc1cccc(-c2ccccc2CN2CCOc3ccc(F)cc3C2C(=O)NC(C)(C)C)c1. The van der Waals surface area contributed by atoms with Crippen molar-refractivity contribution < 1.29 is 13.9 Å². The predicted molar refractivity (Wildman–Crippen MR) is 130 cm³/mol. The van der Waals surface area contributed by atoms with Crippen molar-refractivity contribution >= 4 is 5.91 Å². The van der Waals surface area contributed by atoms with Crippen LogP contribution in [0.15, 0.2) is 66.7 Å². The highest BCUT2D eigenvalue weighted by Crippen LogP contribution is 2.35. The molecule has 5 heteroatoms. The average molecular weight is 447 g/mol. The summed E-state index contributed by atoms with van der Waals surface area (Å²) in [6.07, 6.45) is 0. The Bertz CT molecular complexity index is 1150. The zero-order valence-corrected chi connectivity index (χ0v) is 19.7. The van der Waals surface area contributed by atoms with Gasteiger partial charge >= 0.3 is 0 Å². The van der Waals surface area contributed by atoms with Gasteiger partial charge in [0.2, 0.25) is 5.91 Å². The van der Waals surface area contributed by atoms with Crippen LogP contribution in [0.3, 0.4) is 0 Å². The van der Waals surface area contributed by atoms with Gasteiger partial charge in [-0.15, -0.1) is 0 Å². The lowest BCUT2D eigenvalue weighted by Crippen LogP contribution is -2.47. The number of fused-ring (bicyclic) bond motifs is 1. The molecule has 1 aliphatic heterocycles. The van der Waals surface area contributed by atoms with Gasteiger partial charge in [-0.3, -0.25) is 9.69 Å². The van der Waals surface area contributed by atoms with E-state index in [1.54, 1.807) is 6.07 Å². The fraction of sp³-hybridized carbons (Fsp3) is 0.321. The Labute approximate surface area is 195 Å². The number of carbonyl (C=O) groups is 1. The highest BCUT2D eigenvalue weighted by molar-refractivity contribution is 5.84. The number of halogens is 1. The van der Waals surface area contributed by atoms with Crippen molar-refractivity contribution in [1.82, 2.24) is 10.2 Å². The molecule has 0 fully saturated rings.